The molecule has 0 saturated carbocycles. The van der Waals surface area contributed by atoms with Gasteiger partial charge in [-0.25, -0.2) is 4.79 Å². The quantitative estimate of drug-likeness (QED) is 0.760. The predicted octanol–water partition coefficient (Wildman–Crippen LogP) is 1.78. The SMILES string of the molecule is CC(C)(C)OC(=O)C[C@H](N)C(=O)N1CCC[C@H]1C(=O)OCc1ccccc1. The van der Waals surface area contributed by atoms with Crippen LogP contribution in [0.4, 0.5) is 0 Å². The molecule has 148 valence electrons. The summed E-state index contributed by atoms with van der Waals surface area (Å²) in [6.07, 6.45) is 0.993. The molecule has 1 aromatic rings. The van der Waals surface area contributed by atoms with Crippen molar-refractivity contribution >= 4 is 17.8 Å². The van der Waals surface area contributed by atoms with E-state index in [1.165, 1.54) is 4.90 Å². The fourth-order valence-electron chi connectivity index (χ4n) is 2.96. The van der Waals surface area contributed by atoms with E-state index in [0.717, 1.165) is 5.56 Å². The van der Waals surface area contributed by atoms with Crippen molar-refractivity contribution in [2.24, 2.45) is 5.73 Å². The van der Waals surface area contributed by atoms with E-state index in [0.29, 0.717) is 19.4 Å². The highest BCUT2D eigenvalue weighted by Gasteiger charge is 2.38. The fourth-order valence-corrected chi connectivity index (χ4v) is 2.96. The van der Waals surface area contributed by atoms with Crippen LogP contribution in [0.5, 0.6) is 0 Å². The Hall–Kier alpha value is -2.41. The Labute approximate surface area is 159 Å². The molecule has 1 saturated heterocycles. The minimum absolute atomic E-state index is 0.155. The number of benzene rings is 1. The highest BCUT2D eigenvalue weighted by atomic mass is 16.6. The van der Waals surface area contributed by atoms with Gasteiger partial charge in [0.15, 0.2) is 0 Å². The molecule has 0 radical (unpaired) electrons. The molecule has 2 rings (SSSR count). The molecular formula is C20H28N2O5. The zero-order chi connectivity index (χ0) is 20.0. The maximum atomic E-state index is 12.6. The first kappa shape index (κ1) is 20.9. The van der Waals surface area contributed by atoms with Crippen molar-refractivity contribution in [3.8, 4) is 0 Å². The number of amides is 1. The van der Waals surface area contributed by atoms with E-state index in [1.807, 2.05) is 30.3 Å². The lowest BCUT2D eigenvalue weighted by atomic mass is 10.1. The van der Waals surface area contributed by atoms with Crippen LogP contribution in [0, 0.1) is 0 Å². The molecule has 27 heavy (non-hydrogen) atoms. The standard InChI is InChI=1S/C20H28N2O5/c1-20(2,3)27-17(23)12-15(21)18(24)22-11-7-10-16(22)19(25)26-13-14-8-5-4-6-9-14/h4-6,8-9,15-16H,7,10-13,21H2,1-3H3/t15-,16-/m0/s1. The van der Waals surface area contributed by atoms with Crippen LogP contribution < -0.4 is 5.73 Å². The van der Waals surface area contributed by atoms with Crippen molar-refractivity contribution in [2.75, 3.05) is 6.54 Å². The molecule has 1 heterocycles. The molecule has 0 aliphatic carbocycles. The van der Waals surface area contributed by atoms with E-state index < -0.39 is 35.5 Å². The van der Waals surface area contributed by atoms with Crippen molar-refractivity contribution < 1.29 is 23.9 Å². The van der Waals surface area contributed by atoms with Gasteiger partial charge >= 0.3 is 11.9 Å². The first-order chi connectivity index (χ1) is 12.7. The summed E-state index contributed by atoms with van der Waals surface area (Å²) in [7, 11) is 0. The molecule has 0 aromatic heterocycles. The van der Waals surface area contributed by atoms with Crippen LogP contribution in [0.2, 0.25) is 0 Å². The van der Waals surface area contributed by atoms with Gasteiger partial charge in [-0.1, -0.05) is 30.3 Å². The summed E-state index contributed by atoms with van der Waals surface area (Å²) in [4.78, 5) is 38.4. The number of hydrogen-bond donors (Lipinski definition) is 1. The van der Waals surface area contributed by atoms with Gasteiger partial charge in [0, 0.05) is 6.54 Å². The zero-order valence-electron chi connectivity index (χ0n) is 16.1. The number of likely N-dealkylation sites (tertiary alicyclic amines) is 1. The van der Waals surface area contributed by atoms with Gasteiger partial charge in [0.25, 0.3) is 0 Å². The van der Waals surface area contributed by atoms with Gasteiger partial charge in [-0.15, -0.1) is 0 Å². The zero-order valence-corrected chi connectivity index (χ0v) is 16.1. The average Bonchev–Trinajstić information content (AvgIpc) is 3.07. The summed E-state index contributed by atoms with van der Waals surface area (Å²) in [5, 5.41) is 0. The van der Waals surface area contributed by atoms with E-state index in [1.54, 1.807) is 20.8 Å². The van der Waals surface area contributed by atoms with E-state index >= 15 is 0 Å². The summed E-state index contributed by atoms with van der Waals surface area (Å²) in [5.41, 5.74) is 6.14. The summed E-state index contributed by atoms with van der Waals surface area (Å²) in [5.74, 6) is -1.42. The number of esters is 2. The molecule has 1 fully saturated rings. The van der Waals surface area contributed by atoms with Gasteiger partial charge in [0.2, 0.25) is 5.91 Å². The van der Waals surface area contributed by atoms with Gasteiger partial charge in [-0.05, 0) is 39.2 Å². The number of ether oxygens (including phenoxy) is 2. The van der Waals surface area contributed by atoms with Gasteiger partial charge in [0.1, 0.15) is 18.2 Å². The molecule has 1 aliphatic heterocycles. The summed E-state index contributed by atoms with van der Waals surface area (Å²) >= 11 is 0. The average molecular weight is 376 g/mol. The maximum absolute atomic E-state index is 12.6. The normalized spacial score (nSPS) is 18.1. The van der Waals surface area contributed by atoms with Crippen molar-refractivity contribution in [1.82, 2.24) is 4.90 Å². The minimum atomic E-state index is -1.04. The molecule has 1 amide bonds. The number of hydrogen-bond acceptors (Lipinski definition) is 6. The Morgan fingerprint density at radius 2 is 1.89 bits per heavy atom. The second kappa shape index (κ2) is 8.99. The Bertz CT molecular complexity index is 669. The van der Waals surface area contributed by atoms with E-state index in [-0.39, 0.29) is 13.0 Å². The molecule has 7 nitrogen and oxygen atoms in total. The Balaban J connectivity index is 1.90. The smallest absolute Gasteiger partial charge is 0.329 e. The van der Waals surface area contributed by atoms with Crippen molar-refractivity contribution in [1.29, 1.82) is 0 Å². The van der Waals surface area contributed by atoms with Crippen molar-refractivity contribution in [3.05, 3.63) is 35.9 Å². The van der Waals surface area contributed by atoms with Crippen LogP contribution >= 0.6 is 0 Å². The maximum Gasteiger partial charge on any atom is 0.329 e. The molecular weight excluding hydrogens is 348 g/mol. The molecule has 0 bridgehead atoms. The summed E-state index contributed by atoms with van der Waals surface area (Å²) < 4.78 is 10.6. The lowest BCUT2D eigenvalue weighted by molar-refractivity contribution is -0.158. The lowest BCUT2D eigenvalue weighted by Gasteiger charge is -2.26. The molecule has 1 aromatic carbocycles. The minimum Gasteiger partial charge on any atom is -0.460 e. The van der Waals surface area contributed by atoms with Crippen LogP contribution in [0.25, 0.3) is 0 Å². The monoisotopic (exact) mass is 376 g/mol. The second-order valence-corrected chi connectivity index (χ2v) is 7.68. The number of nitrogens with zero attached hydrogens (tertiary/aromatic N) is 1. The number of rotatable bonds is 6. The third kappa shape index (κ3) is 6.36. The van der Waals surface area contributed by atoms with Crippen molar-refractivity contribution in [3.63, 3.8) is 0 Å². The van der Waals surface area contributed by atoms with Crippen LogP contribution in [0.15, 0.2) is 30.3 Å². The van der Waals surface area contributed by atoms with Gasteiger partial charge in [-0.3, -0.25) is 9.59 Å². The summed E-state index contributed by atoms with van der Waals surface area (Å²) in [6, 6.07) is 7.64. The molecule has 7 heteroatoms. The third-order valence-electron chi connectivity index (χ3n) is 4.16. The van der Waals surface area contributed by atoms with Gasteiger partial charge in [-0.2, -0.15) is 0 Å². The van der Waals surface area contributed by atoms with Crippen LogP contribution in [-0.2, 0) is 30.5 Å². The van der Waals surface area contributed by atoms with Crippen LogP contribution in [0.1, 0.15) is 45.6 Å². The highest BCUT2D eigenvalue weighted by molar-refractivity contribution is 5.90. The first-order valence-corrected chi connectivity index (χ1v) is 9.16. The van der Waals surface area contributed by atoms with E-state index in [9.17, 15) is 14.4 Å². The Morgan fingerprint density at radius 1 is 1.22 bits per heavy atom. The molecule has 0 spiro atoms. The highest BCUT2D eigenvalue weighted by Crippen LogP contribution is 2.21. The molecule has 2 N–H and O–H groups in total. The van der Waals surface area contributed by atoms with E-state index in [2.05, 4.69) is 0 Å². The number of nitrogens with two attached hydrogens (primary N) is 1. The Kier molecular flexibility index (Phi) is 6.96. The van der Waals surface area contributed by atoms with Crippen molar-refractivity contribution in [2.45, 2.75) is 64.3 Å². The first-order valence-electron chi connectivity index (χ1n) is 9.16. The third-order valence-corrected chi connectivity index (χ3v) is 4.16. The topological polar surface area (TPSA) is 98.9 Å². The lowest BCUT2D eigenvalue weighted by Crippen LogP contribution is -2.49. The molecule has 1 aliphatic rings. The predicted molar refractivity (Wildman–Crippen MR) is 99.4 cm³/mol. The fraction of sp³-hybridized carbons (Fsp3) is 0.550. The number of carbonyl (C=O) groups excluding carboxylic acids is 3. The van der Waals surface area contributed by atoms with E-state index in [4.69, 9.17) is 15.2 Å². The van der Waals surface area contributed by atoms with Crippen LogP contribution in [0.3, 0.4) is 0 Å². The van der Waals surface area contributed by atoms with Gasteiger partial charge < -0.3 is 20.1 Å². The van der Waals surface area contributed by atoms with Gasteiger partial charge in [0.05, 0.1) is 12.5 Å². The molecule has 2 atom stereocenters. The largest absolute Gasteiger partial charge is 0.460 e. The second-order valence-electron chi connectivity index (χ2n) is 7.68. The van der Waals surface area contributed by atoms with Crippen LogP contribution in [-0.4, -0.2) is 47.0 Å². The Morgan fingerprint density at radius 3 is 2.52 bits per heavy atom. The number of carbonyl (C=O) groups is 3. The summed E-state index contributed by atoms with van der Waals surface area (Å²) in [6.45, 7) is 5.82. The molecule has 0 unspecified atom stereocenters.